The van der Waals surface area contributed by atoms with Crippen LogP contribution in [0.5, 0.6) is 0 Å². The number of rotatable bonds is 8. The van der Waals surface area contributed by atoms with Gasteiger partial charge < -0.3 is 5.32 Å². The lowest BCUT2D eigenvalue weighted by molar-refractivity contribution is 0.170. The Morgan fingerprint density at radius 2 is 1.68 bits per heavy atom. The molecule has 2 N–H and O–H groups in total. The van der Waals surface area contributed by atoms with Crippen molar-refractivity contribution in [1.29, 1.82) is 0 Å². The highest BCUT2D eigenvalue weighted by atomic mass is 15.2. The van der Waals surface area contributed by atoms with Crippen molar-refractivity contribution in [2.75, 3.05) is 31.5 Å². The minimum absolute atomic E-state index is 0.761. The average molecular weight is 510 g/mol. The number of fused-ring (bicyclic) bond motifs is 1. The van der Waals surface area contributed by atoms with E-state index >= 15 is 0 Å². The van der Waals surface area contributed by atoms with Gasteiger partial charge in [-0.05, 0) is 86.9 Å². The van der Waals surface area contributed by atoms with E-state index in [1.54, 1.807) is 0 Å². The van der Waals surface area contributed by atoms with Crippen LogP contribution in [0.25, 0.3) is 27.7 Å². The zero-order chi connectivity index (χ0) is 26.3. The monoisotopic (exact) mass is 509 g/mol. The molecule has 0 bridgehead atoms. The molecule has 0 unspecified atom stereocenters. The van der Waals surface area contributed by atoms with Gasteiger partial charge in [0.15, 0.2) is 0 Å². The van der Waals surface area contributed by atoms with Gasteiger partial charge in [-0.15, -0.1) is 0 Å². The number of benzene rings is 1. The molecule has 0 atom stereocenters. The predicted octanol–water partition coefficient (Wildman–Crippen LogP) is 6.32. The van der Waals surface area contributed by atoms with Crippen LogP contribution in [0, 0.1) is 0 Å². The van der Waals surface area contributed by atoms with Crippen molar-refractivity contribution in [3.8, 4) is 11.1 Å². The highest BCUT2D eigenvalue weighted by Gasteiger charge is 2.16. The number of nitrogens with one attached hydrogen (secondary N) is 2. The predicted molar refractivity (Wildman–Crippen MR) is 157 cm³/mol. The number of aromatic amines is 1. The first-order valence-corrected chi connectivity index (χ1v) is 14.0. The van der Waals surface area contributed by atoms with E-state index in [-0.39, 0.29) is 0 Å². The zero-order valence-electron chi connectivity index (χ0n) is 22.7. The van der Waals surface area contributed by atoms with Crippen LogP contribution < -0.4 is 5.32 Å². The van der Waals surface area contributed by atoms with E-state index in [1.165, 1.54) is 44.3 Å². The Morgan fingerprint density at radius 3 is 2.47 bits per heavy atom. The number of aromatic nitrogens is 4. The van der Waals surface area contributed by atoms with Gasteiger partial charge in [0.25, 0.3) is 0 Å². The fourth-order valence-electron chi connectivity index (χ4n) is 5.18. The quantitative estimate of drug-likeness (QED) is 0.290. The summed E-state index contributed by atoms with van der Waals surface area (Å²) in [5, 5.41) is 12.2. The summed E-state index contributed by atoms with van der Waals surface area (Å²) in [6.45, 7) is 14.8. The Labute approximate surface area is 226 Å². The van der Waals surface area contributed by atoms with E-state index < -0.39 is 0 Å². The second-order valence-corrected chi connectivity index (χ2v) is 10.0. The van der Waals surface area contributed by atoms with Gasteiger partial charge in [-0.3, -0.25) is 24.9 Å². The molecule has 2 saturated heterocycles. The highest BCUT2D eigenvalue weighted by Crippen LogP contribution is 2.29. The molecule has 0 radical (unpaired) electrons. The first-order chi connectivity index (χ1) is 18.7. The molecule has 1 aromatic carbocycles. The summed E-state index contributed by atoms with van der Waals surface area (Å²) in [7, 11) is 0. The van der Waals surface area contributed by atoms with Crippen molar-refractivity contribution in [3.05, 3.63) is 78.5 Å². The summed E-state index contributed by atoms with van der Waals surface area (Å²) in [4.78, 5) is 14.0. The van der Waals surface area contributed by atoms with Crippen LogP contribution in [0.3, 0.4) is 0 Å². The van der Waals surface area contributed by atoms with Gasteiger partial charge in [-0.2, -0.15) is 5.10 Å². The maximum Gasteiger partial charge on any atom is 0.116 e. The molecule has 7 nitrogen and oxygen atoms in total. The molecule has 5 heterocycles. The van der Waals surface area contributed by atoms with Crippen LogP contribution in [0.15, 0.2) is 61.6 Å². The largest absolute Gasteiger partial charge is 0.354 e. The molecule has 7 heteroatoms. The molecular formula is C31H39N7. The maximum absolute atomic E-state index is 4.58. The van der Waals surface area contributed by atoms with Crippen LogP contribution in [0.2, 0.25) is 0 Å². The Bertz CT molecular complexity index is 1370. The maximum atomic E-state index is 4.58. The number of piperidine rings is 1. The lowest BCUT2D eigenvalue weighted by atomic mass is 10.0. The first kappa shape index (κ1) is 26.1. The number of H-pyrrole nitrogens is 1. The summed E-state index contributed by atoms with van der Waals surface area (Å²) < 4.78 is 0. The number of hydrogen-bond donors (Lipinski definition) is 2. The number of nitrogens with zero attached hydrogens (tertiary/aromatic N) is 5. The number of pyridine rings is 2. The molecule has 0 spiro atoms. The summed E-state index contributed by atoms with van der Waals surface area (Å²) >= 11 is 0. The highest BCUT2D eigenvalue weighted by molar-refractivity contribution is 5.95. The average Bonchev–Trinajstić information content (AvgIpc) is 3.36. The number of likely N-dealkylation sites (tertiary alicyclic amines) is 2. The standard InChI is InChI=1S/C29H33N7.C2H6/c1-21(32-25-8-9-31-26(16-25)20-36-12-5-13-36)29-27-15-23(6-7-28(27)33-34-29)24-14-22(17-30-18-24)19-35-10-3-2-4-11-35;1-2/h6-9,14-18H,1-5,10-13,19-20H2,(H,31,32)(H,33,34);1-2H3. The van der Waals surface area contributed by atoms with Crippen LogP contribution in [-0.2, 0) is 13.1 Å². The van der Waals surface area contributed by atoms with Crippen LogP contribution in [-0.4, -0.2) is 56.1 Å². The lowest BCUT2D eigenvalue weighted by Crippen LogP contribution is -2.36. The molecule has 2 aliphatic rings. The van der Waals surface area contributed by atoms with Gasteiger partial charge in [-0.25, -0.2) is 0 Å². The Morgan fingerprint density at radius 1 is 0.895 bits per heavy atom. The van der Waals surface area contributed by atoms with E-state index in [4.69, 9.17) is 0 Å². The summed E-state index contributed by atoms with van der Waals surface area (Å²) in [5.74, 6) is 0. The lowest BCUT2D eigenvalue weighted by Gasteiger charge is -2.30. The Hall–Kier alpha value is -3.55. The molecule has 2 fully saturated rings. The molecule has 6 rings (SSSR count). The molecule has 198 valence electrons. The SMILES string of the molecule is C=C(Nc1ccnc(CN2CCC2)c1)c1n[nH]c2ccc(-c3cncc(CN4CCCCC4)c3)cc12.CC. The van der Waals surface area contributed by atoms with Gasteiger partial charge in [-0.1, -0.05) is 32.9 Å². The van der Waals surface area contributed by atoms with Crippen LogP contribution in [0.1, 0.15) is 56.5 Å². The van der Waals surface area contributed by atoms with Gasteiger partial charge in [0.1, 0.15) is 5.69 Å². The minimum Gasteiger partial charge on any atom is -0.354 e. The topological polar surface area (TPSA) is 73.0 Å². The number of anilines is 1. The van der Waals surface area contributed by atoms with Gasteiger partial charge in [0.2, 0.25) is 0 Å². The summed E-state index contributed by atoms with van der Waals surface area (Å²) in [5.41, 5.74) is 8.14. The zero-order valence-corrected chi connectivity index (χ0v) is 22.7. The molecule has 0 amide bonds. The third kappa shape index (κ3) is 6.11. The molecule has 4 aromatic rings. The van der Waals surface area contributed by atoms with Crippen LogP contribution in [0.4, 0.5) is 5.69 Å². The summed E-state index contributed by atoms with van der Waals surface area (Å²) in [6.07, 6.45) is 11.0. The van der Waals surface area contributed by atoms with Gasteiger partial charge in [0, 0.05) is 48.3 Å². The Balaban J connectivity index is 0.00000144. The van der Waals surface area contributed by atoms with Crippen molar-refractivity contribution in [1.82, 2.24) is 30.0 Å². The number of hydrogen-bond acceptors (Lipinski definition) is 6. The molecule has 3 aromatic heterocycles. The third-order valence-electron chi connectivity index (χ3n) is 7.28. The third-order valence-corrected chi connectivity index (χ3v) is 7.28. The first-order valence-electron chi connectivity index (χ1n) is 14.0. The fraction of sp³-hybridized carbons (Fsp3) is 0.387. The van der Waals surface area contributed by atoms with Crippen molar-refractivity contribution < 1.29 is 0 Å². The van der Waals surface area contributed by atoms with Crippen molar-refractivity contribution in [2.45, 2.75) is 52.6 Å². The van der Waals surface area contributed by atoms with Gasteiger partial charge >= 0.3 is 0 Å². The second kappa shape index (κ2) is 12.3. The molecule has 38 heavy (non-hydrogen) atoms. The van der Waals surface area contributed by atoms with E-state index in [0.29, 0.717) is 0 Å². The smallest absolute Gasteiger partial charge is 0.116 e. The molecular weight excluding hydrogens is 470 g/mol. The van der Waals surface area contributed by atoms with Crippen LogP contribution >= 0.6 is 0 Å². The van der Waals surface area contributed by atoms with E-state index in [0.717, 1.165) is 71.0 Å². The Kier molecular flexibility index (Phi) is 8.46. The minimum atomic E-state index is 0.761. The van der Waals surface area contributed by atoms with Crippen molar-refractivity contribution in [2.24, 2.45) is 0 Å². The molecule has 0 aliphatic carbocycles. The van der Waals surface area contributed by atoms with Crippen molar-refractivity contribution in [3.63, 3.8) is 0 Å². The fourth-order valence-corrected chi connectivity index (χ4v) is 5.18. The van der Waals surface area contributed by atoms with Gasteiger partial charge in [0.05, 0.1) is 16.9 Å². The second-order valence-electron chi connectivity index (χ2n) is 10.0. The van der Waals surface area contributed by atoms with E-state index in [2.05, 4.69) is 72.2 Å². The van der Waals surface area contributed by atoms with E-state index in [9.17, 15) is 0 Å². The normalized spacial score (nSPS) is 15.9. The molecule has 0 saturated carbocycles. The van der Waals surface area contributed by atoms with E-state index in [1.807, 2.05) is 38.5 Å². The molecule has 2 aliphatic heterocycles. The van der Waals surface area contributed by atoms with Crippen molar-refractivity contribution >= 4 is 22.3 Å². The summed E-state index contributed by atoms with van der Waals surface area (Å²) in [6, 6.07) is 12.8.